The quantitative estimate of drug-likeness (QED) is 0.746. The smallest absolute Gasteiger partial charge is 0.344 e. The number of aromatic nitrogens is 4. The normalized spacial score (nSPS) is 15.0. The van der Waals surface area contributed by atoms with Crippen LogP contribution in [0.3, 0.4) is 0 Å². The number of hydrogen-bond donors (Lipinski definition) is 1. The fourth-order valence-electron chi connectivity index (χ4n) is 2.15. The lowest BCUT2D eigenvalue weighted by atomic mass is 10.3. The number of benzene rings is 1. The molecule has 1 saturated carbocycles. The second-order valence-electron chi connectivity index (χ2n) is 4.78. The monoisotopic (exact) mass is 288 g/mol. The molecule has 6 nitrogen and oxygen atoms in total. The highest BCUT2D eigenvalue weighted by Gasteiger charge is 2.28. The molecule has 0 saturated heterocycles. The van der Waals surface area contributed by atoms with E-state index in [2.05, 4.69) is 15.2 Å². The van der Waals surface area contributed by atoms with Gasteiger partial charge in [-0.15, -0.1) is 5.10 Å². The molecule has 1 aliphatic carbocycles. The molecular weight excluding hydrogens is 276 g/mol. The summed E-state index contributed by atoms with van der Waals surface area (Å²) in [5.74, 6) is 1.21. The Morgan fingerprint density at radius 3 is 3.05 bits per heavy atom. The summed E-state index contributed by atoms with van der Waals surface area (Å²) >= 11 is 1.47. The van der Waals surface area contributed by atoms with Crippen molar-refractivity contribution < 1.29 is 4.42 Å². The van der Waals surface area contributed by atoms with Gasteiger partial charge in [-0.05, 0) is 25.0 Å². The second kappa shape index (κ2) is 4.52. The van der Waals surface area contributed by atoms with E-state index in [9.17, 15) is 4.79 Å². The van der Waals surface area contributed by atoms with Crippen LogP contribution in [0.15, 0.2) is 38.6 Å². The summed E-state index contributed by atoms with van der Waals surface area (Å²) in [5.41, 5.74) is 1.50. The maximum atomic E-state index is 11.7. The number of fused-ring (bicyclic) bond motifs is 1. The Hall–Kier alpha value is -2.02. The van der Waals surface area contributed by atoms with Gasteiger partial charge >= 0.3 is 5.69 Å². The third-order valence-corrected chi connectivity index (χ3v) is 4.18. The van der Waals surface area contributed by atoms with Crippen LogP contribution in [0.5, 0.6) is 0 Å². The SMILES string of the molecule is O=c1[nH]nc(SCc2nc3ccccc3o2)n1C1CC1. The van der Waals surface area contributed by atoms with Crippen molar-refractivity contribution in [3.8, 4) is 0 Å². The first-order chi connectivity index (χ1) is 9.81. The van der Waals surface area contributed by atoms with E-state index in [1.165, 1.54) is 11.8 Å². The number of H-pyrrole nitrogens is 1. The Bertz CT molecular complexity index is 782. The highest BCUT2D eigenvalue weighted by atomic mass is 32.2. The average molecular weight is 288 g/mol. The Balaban J connectivity index is 1.56. The van der Waals surface area contributed by atoms with Crippen LogP contribution in [0.25, 0.3) is 11.1 Å². The van der Waals surface area contributed by atoms with Gasteiger partial charge in [-0.3, -0.25) is 4.57 Å². The first-order valence-corrected chi connectivity index (χ1v) is 7.44. The minimum absolute atomic E-state index is 0.132. The van der Waals surface area contributed by atoms with Gasteiger partial charge in [-0.2, -0.15) is 0 Å². The van der Waals surface area contributed by atoms with Crippen LogP contribution in [0.1, 0.15) is 24.8 Å². The van der Waals surface area contributed by atoms with Crippen LogP contribution >= 0.6 is 11.8 Å². The fourth-order valence-corrected chi connectivity index (χ4v) is 3.01. The summed E-state index contributed by atoms with van der Waals surface area (Å²) < 4.78 is 7.38. The minimum atomic E-state index is -0.132. The van der Waals surface area contributed by atoms with E-state index in [1.54, 1.807) is 4.57 Å². The zero-order valence-corrected chi connectivity index (χ0v) is 11.4. The van der Waals surface area contributed by atoms with Crippen molar-refractivity contribution in [2.75, 3.05) is 0 Å². The van der Waals surface area contributed by atoms with Crippen LogP contribution in [0.4, 0.5) is 0 Å². The Morgan fingerprint density at radius 1 is 1.40 bits per heavy atom. The van der Waals surface area contributed by atoms with Crippen LogP contribution in [-0.2, 0) is 5.75 Å². The van der Waals surface area contributed by atoms with Crippen LogP contribution in [0.2, 0.25) is 0 Å². The minimum Gasteiger partial charge on any atom is -0.440 e. The average Bonchev–Trinajstić information content (AvgIpc) is 3.09. The van der Waals surface area contributed by atoms with Crippen LogP contribution in [0, 0.1) is 0 Å². The number of rotatable bonds is 4. The number of thioether (sulfide) groups is 1. The standard InChI is InChI=1S/C13H12N4O2S/c18-12-15-16-13(17(12)8-5-6-8)20-7-11-14-9-3-1-2-4-10(9)19-11/h1-4,8H,5-7H2,(H,15,18). The molecular formula is C13H12N4O2S. The van der Waals surface area contributed by atoms with Gasteiger partial charge in [0, 0.05) is 6.04 Å². The molecule has 1 aliphatic rings. The van der Waals surface area contributed by atoms with E-state index in [0.29, 0.717) is 22.8 Å². The Morgan fingerprint density at radius 2 is 2.25 bits per heavy atom. The molecule has 2 heterocycles. The van der Waals surface area contributed by atoms with Crippen molar-refractivity contribution in [1.29, 1.82) is 0 Å². The zero-order valence-electron chi connectivity index (χ0n) is 10.6. The van der Waals surface area contributed by atoms with Crippen molar-refractivity contribution >= 4 is 22.9 Å². The molecule has 1 N–H and O–H groups in total. The largest absolute Gasteiger partial charge is 0.440 e. The highest BCUT2D eigenvalue weighted by Crippen LogP contribution is 2.36. The molecule has 0 unspecified atom stereocenters. The third kappa shape index (κ3) is 2.03. The van der Waals surface area contributed by atoms with Gasteiger partial charge in [0.1, 0.15) is 5.52 Å². The van der Waals surface area contributed by atoms with Gasteiger partial charge in [-0.1, -0.05) is 23.9 Å². The van der Waals surface area contributed by atoms with Gasteiger partial charge in [-0.25, -0.2) is 14.9 Å². The molecule has 0 amide bonds. The molecule has 7 heteroatoms. The van der Waals surface area contributed by atoms with Crippen molar-refractivity contribution in [3.05, 3.63) is 40.6 Å². The Kier molecular flexibility index (Phi) is 2.66. The highest BCUT2D eigenvalue weighted by molar-refractivity contribution is 7.98. The number of nitrogens with one attached hydrogen (secondary N) is 1. The molecule has 1 fully saturated rings. The van der Waals surface area contributed by atoms with E-state index in [0.717, 1.165) is 23.9 Å². The number of para-hydroxylation sites is 2. The van der Waals surface area contributed by atoms with Gasteiger partial charge in [0.25, 0.3) is 0 Å². The first-order valence-electron chi connectivity index (χ1n) is 6.45. The first kappa shape index (κ1) is 11.8. The van der Waals surface area contributed by atoms with E-state index in [1.807, 2.05) is 24.3 Å². The predicted octanol–water partition coefficient (Wildman–Crippen LogP) is 2.34. The van der Waals surface area contributed by atoms with E-state index >= 15 is 0 Å². The van der Waals surface area contributed by atoms with Crippen molar-refractivity contribution in [2.24, 2.45) is 0 Å². The molecule has 0 atom stereocenters. The predicted molar refractivity (Wildman–Crippen MR) is 74.7 cm³/mol. The molecule has 4 rings (SSSR count). The third-order valence-electron chi connectivity index (χ3n) is 3.25. The summed E-state index contributed by atoms with van der Waals surface area (Å²) in [6.07, 6.45) is 2.10. The molecule has 0 spiro atoms. The lowest BCUT2D eigenvalue weighted by Crippen LogP contribution is -2.16. The second-order valence-corrected chi connectivity index (χ2v) is 5.72. The van der Waals surface area contributed by atoms with Crippen molar-refractivity contribution in [3.63, 3.8) is 0 Å². The number of aromatic amines is 1. The summed E-state index contributed by atoms with van der Waals surface area (Å²) in [6.45, 7) is 0. The van der Waals surface area contributed by atoms with Crippen molar-refractivity contribution in [2.45, 2.75) is 29.8 Å². The van der Waals surface area contributed by atoms with Crippen LogP contribution < -0.4 is 5.69 Å². The van der Waals surface area contributed by atoms with Crippen LogP contribution in [-0.4, -0.2) is 19.7 Å². The summed E-state index contributed by atoms with van der Waals surface area (Å²) in [7, 11) is 0. The molecule has 102 valence electrons. The maximum absolute atomic E-state index is 11.7. The van der Waals surface area contributed by atoms with E-state index < -0.39 is 0 Å². The topological polar surface area (TPSA) is 76.7 Å². The maximum Gasteiger partial charge on any atom is 0.344 e. The molecule has 0 aliphatic heterocycles. The zero-order chi connectivity index (χ0) is 13.5. The number of hydrogen-bond acceptors (Lipinski definition) is 5. The van der Waals surface area contributed by atoms with Gasteiger partial charge in [0.2, 0.25) is 5.89 Å². The molecule has 0 radical (unpaired) electrons. The van der Waals surface area contributed by atoms with Gasteiger partial charge in [0.15, 0.2) is 10.7 Å². The van der Waals surface area contributed by atoms with E-state index in [4.69, 9.17) is 4.42 Å². The molecule has 2 aromatic heterocycles. The van der Waals surface area contributed by atoms with Gasteiger partial charge in [0.05, 0.1) is 5.75 Å². The number of nitrogens with zero attached hydrogens (tertiary/aromatic N) is 3. The fraction of sp³-hybridized carbons (Fsp3) is 0.308. The molecule has 3 aromatic rings. The van der Waals surface area contributed by atoms with Gasteiger partial charge < -0.3 is 4.42 Å². The lowest BCUT2D eigenvalue weighted by molar-refractivity contribution is 0.555. The Labute approximate surface area is 118 Å². The lowest BCUT2D eigenvalue weighted by Gasteiger charge is -2.00. The molecule has 1 aromatic carbocycles. The summed E-state index contributed by atoms with van der Waals surface area (Å²) in [6, 6.07) is 7.98. The summed E-state index contributed by atoms with van der Waals surface area (Å²) in [5, 5.41) is 7.28. The number of oxazole rings is 1. The summed E-state index contributed by atoms with van der Waals surface area (Å²) in [4.78, 5) is 16.1. The molecule has 20 heavy (non-hydrogen) atoms. The van der Waals surface area contributed by atoms with Crippen molar-refractivity contribution in [1.82, 2.24) is 19.7 Å². The van der Waals surface area contributed by atoms with E-state index in [-0.39, 0.29) is 5.69 Å². The molecule has 0 bridgehead atoms.